The molecule has 1 atom stereocenters. The number of nitrogens with two attached hydrogens (primary N) is 1. The van der Waals surface area contributed by atoms with E-state index in [9.17, 15) is 9.59 Å². The molecule has 128 valence electrons. The van der Waals surface area contributed by atoms with Crippen molar-refractivity contribution in [2.45, 2.75) is 50.7 Å². The van der Waals surface area contributed by atoms with Crippen LogP contribution in [0.25, 0.3) is 0 Å². The fraction of sp³-hybridized carbons (Fsp3) is 0.500. The molecular formula is C16H19ClN4O3. The Morgan fingerprint density at radius 3 is 2.83 bits per heavy atom. The van der Waals surface area contributed by atoms with E-state index >= 15 is 0 Å². The summed E-state index contributed by atoms with van der Waals surface area (Å²) in [5.41, 5.74) is 4.75. The number of ether oxygens (including phenoxy) is 1. The lowest BCUT2D eigenvalue weighted by atomic mass is 9.83. The van der Waals surface area contributed by atoms with E-state index in [0.717, 1.165) is 38.4 Å². The van der Waals surface area contributed by atoms with E-state index in [0.29, 0.717) is 11.4 Å². The number of amides is 1. The van der Waals surface area contributed by atoms with Gasteiger partial charge in [-0.1, -0.05) is 31.1 Å². The van der Waals surface area contributed by atoms with Gasteiger partial charge in [0.1, 0.15) is 12.1 Å². The van der Waals surface area contributed by atoms with Crippen LogP contribution in [0.4, 0.5) is 10.6 Å². The molecule has 1 heterocycles. The molecule has 1 aromatic rings. The third-order valence-corrected chi connectivity index (χ3v) is 3.98. The van der Waals surface area contributed by atoms with Gasteiger partial charge in [-0.25, -0.2) is 9.78 Å². The molecule has 1 saturated carbocycles. The molecule has 3 N–H and O–H groups in total. The summed E-state index contributed by atoms with van der Waals surface area (Å²) in [5.74, 6) is 5.96. The zero-order chi connectivity index (χ0) is 17.6. The molecule has 0 saturated heterocycles. The fourth-order valence-electron chi connectivity index (χ4n) is 2.62. The van der Waals surface area contributed by atoms with Crippen molar-refractivity contribution < 1.29 is 14.3 Å². The van der Waals surface area contributed by atoms with Crippen LogP contribution in [0, 0.1) is 11.8 Å². The summed E-state index contributed by atoms with van der Waals surface area (Å²) in [5, 5.41) is 3.24. The maximum Gasteiger partial charge on any atom is 0.405 e. The molecule has 2 rings (SSSR count). The Hall–Kier alpha value is -2.33. The van der Waals surface area contributed by atoms with Gasteiger partial charge in [0.2, 0.25) is 5.28 Å². The minimum absolute atomic E-state index is 0.0568. The highest BCUT2D eigenvalue weighted by Gasteiger charge is 2.32. The van der Waals surface area contributed by atoms with E-state index in [-0.39, 0.29) is 5.28 Å². The zero-order valence-electron chi connectivity index (χ0n) is 13.3. The number of hydrogen-bond acceptors (Lipinski definition) is 6. The van der Waals surface area contributed by atoms with Crippen LogP contribution in [0.5, 0.6) is 0 Å². The van der Waals surface area contributed by atoms with Gasteiger partial charge in [0.15, 0.2) is 6.10 Å². The van der Waals surface area contributed by atoms with Gasteiger partial charge in [0.25, 0.3) is 0 Å². The van der Waals surface area contributed by atoms with E-state index in [4.69, 9.17) is 22.1 Å². The van der Waals surface area contributed by atoms with Crippen molar-refractivity contribution in [3.8, 4) is 11.8 Å². The number of carbonyl (C=O) groups excluding carboxylic acids is 2. The molecule has 1 fully saturated rings. The van der Waals surface area contributed by atoms with Crippen molar-refractivity contribution in [1.29, 1.82) is 0 Å². The Morgan fingerprint density at radius 2 is 2.21 bits per heavy atom. The van der Waals surface area contributed by atoms with Gasteiger partial charge in [-0.2, -0.15) is 4.98 Å². The van der Waals surface area contributed by atoms with E-state index < -0.39 is 17.7 Å². The minimum atomic E-state index is -0.899. The SMILES string of the molecule is C[C@@H](C#Cc1cnc(Cl)nc1NC1(C=O)CCCCC1)OC(N)=O. The Labute approximate surface area is 145 Å². The standard InChI is InChI=1S/C16H19ClN4O3/c1-11(24-15(18)23)5-6-12-9-19-14(17)20-13(12)21-16(10-22)7-3-2-4-8-16/h9-11H,2-4,7-8H2,1H3,(H2,18,23)(H,19,20,21)/t11-/m0/s1. The lowest BCUT2D eigenvalue weighted by molar-refractivity contribution is -0.112. The highest BCUT2D eigenvalue weighted by atomic mass is 35.5. The van der Waals surface area contributed by atoms with Gasteiger partial charge in [-0.15, -0.1) is 0 Å². The Morgan fingerprint density at radius 1 is 1.50 bits per heavy atom. The van der Waals surface area contributed by atoms with Crippen LogP contribution >= 0.6 is 11.6 Å². The van der Waals surface area contributed by atoms with Crippen molar-refractivity contribution >= 4 is 29.8 Å². The number of anilines is 1. The lowest BCUT2D eigenvalue weighted by Gasteiger charge is -2.33. The molecule has 1 amide bonds. The Bertz CT molecular complexity index is 678. The molecule has 1 aliphatic carbocycles. The first-order valence-electron chi connectivity index (χ1n) is 7.69. The normalized spacial score (nSPS) is 17.1. The predicted molar refractivity (Wildman–Crippen MR) is 89.6 cm³/mol. The van der Waals surface area contributed by atoms with E-state index in [1.54, 1.807) is 6.92 Å². The van der Waals surface area contributed by atoms with Crippen molar-refractivity contribution in [2.75, 3.05) is 5.32 Å². The second-order valence-electron chi connectivity index (χ2n) is 5.71. The second kappa shape index (κ2) is 7.97. The number of carbonyl (C=O) groups is 2. The summed E-state index contributed by atoms with van der Waals surface area (Å²) < 4.78 is 4.75. The summed E-state index contributed by atoms with van der Waals surface area (Å²) in [6.45, 7) is 1.59. The highest BCUT2D eigenvalue weighted by molar-refractivity contribution is 6.28. The smallest absolute Gasteiger partial charge is 0.405 e. The van der Waals surface area contributed by atoms with Gasteiger partial charge in [-0.05, 0) is 31.4 Å². The topological polar surface area (TPSA) is 107 Å². The highest BCUT2D eigenvalue weighted by Crippen LogP contribution is 2.30. The van der Waals surface area contributed by atoms with E-state index in [2.05, 4.69) is 27.1 Å². The molecule has 0 aromatic carbocycles. The van der Waals surface area contributed by atoms with Crippen LogP contribution in [-0.2, 0) is 9.53 Å². The number of primary amides is 1. The number of aromatic nitrogens is 2. The number of halogens is 1. The summed E-state index contributed by atoms with van der Waals surface area (Å²) >= 11 is 5.87. The Balaban J connectivity index is 2.26. The fourth-order valence-corrected chi connectivity index (χ4v) is 2.75. The zero-order valence-corrected chi connectivity index (χ0v) is 14.1. The van der Waals surface area contributed by atoms with Crippen molar-refractivity contribution in [1.82, 2.24) is 9.97 Å². The summed E-state index contributed by atoms with van der Waals surface area (Å²) in [6.07, 6.45) is 5.31. The number of nitrogens with zero attached hydrogens (tertiary/aromatic N) is 2. The molecule has 1 aliphatic rings. The maximum atomic E-state index is 11.6. The van der Waals surface area contributed by atoms with Crippen LogP contribution in [0.2, 0.25) is 5.28 Å². The molecule has 24 heavy (non-hydrogen) atoms. The van der Waals surface area contributed by atoms with Gasteiger partial charge < -0.3 is 20.6 Å². The number of rotatable bonds is 4. The molecule has 0 bridgehead atoms. The van der Waals surface area contributed by atoms with Gasteiger partial charge in [0, 0.05) is 6.20 Å². The van der Waals surface area contributed by atoms with Crippen LogP contribution in [0.3, 0.4) is 0 Å². The Kier molecular flexibility index (Phi) is 5.99. The average molecular weight is 351 g/mol. The second-order valence-corrected chi connectivity index (χ2v) is 6.05. The van der Waals surface area contributed by atoms with Crippen LogP contribution in [-0.4, -0.2) is 34.0 Å². The lowest BCUT2D eigenvalue weighted by Crippen LogP contribution is -2.42. The van der Waals surface area contributed by atoms with Crippen molar-refractivity contribution in [3.05, 3.63) is 17.0 Å². The number of nitrogens with one attached hydrogen (secondary N) is 1. The molecule has 1 aromatic heterocycles. The minimum Gasteiger partial charge on any atom is -0.433 e. The largest absolute Gasteiger partial charge is 0.433 e. The summed E-state index contributed by atoms with van der Waals surface area (Å²) in [6, 6.07) is 0. The summed E-state index contributed by atoms with van der Waals surface area (Å²) in [7, 11) is 0. The summed E-state index contributed by atoms with van der Waals surface area (Å²) in [4.78, 5) is 30.4. The van der Waals surface area contributed by atoms with Crippen LogP contribution in [0.15, 0.2) is 6.20 Å². The number of aldehydes is 1. The molecule has 0 spiro atoms. The average Bonchev–Trinajstić information content (AvgIpc) is 2.54. The number of hydrogen-bond donors (Lipinski definition) is 2. The molecular weight excluding hydrogens is 332 g/mol. The first kappa shape index (κ1) is 18.0. The maximum absolute atomic E-state index is 11.6. The third kappa shape index (κ3) is 4.83. The van der Waals surface area contributed by atoms with Gasteiger partial charge >= 0.3 is 6.09 Å². The predicted octanol–water partition coefficient (Wildman–Crippen LogP) is 2.28. The van der Waals surface area contributed by atoms with E-state index in [1.165, 1.54) is 6.20 Å². The monoisotopic (exact) mass is 350 g/mol. The van der Waals surface area contributed by atoms with Crippen molar-refractivity contribution in [3.63, 3.8) is 0 Å². The first-order valence-corrected chi connectivity index (χ1v) is 8.06. The van der Waals surface area contributed by atoms with Gasteiger partial charge in [0.05, 0.1) is 11.1 Å². The first-order chi connectivity index (χ1) is 11.4. The molecule has 0 radical (unpaired) electrons. The van der Waals surface area contributed by atoms with Gasteiger partial charge in [-0.3, -0.25) is 0 Å². The molecule has 8 heteroatoms. The molecule has 7 nitrogen and oxygen atoms in total. The van der Waals surface area contributed by atoms with Crippen LogP contribution in [0.1, 0.15) is 44.6 Å². The third-order valence-electron chi connectivity index (χ3n) is 3.80. The molecule has 0 aliphatic heterocycles. The van der Waals surface area contributed by atoms with Crippen molar-refractivity contribution in [2.24, 2.45) is 5.73 Å². The molecule has 0 unspecified atom stereocenters. The quantitative estimate of drug-likeness (QED) is 0.490. The van der Waals surface area contributed by atoms with E-state index in [1.807, 2.05) is 0 Å². The van der Waals surface area contributed by atoms with Crippen LogP contribution < -0.4 is 11.1 Å².